The van der Waals surface area contributed by atoms with E-state index >= 15 is 0 Å². The van der Waals surface area contributed by atoms with E-state index in [0.717, 1.165) is 14.1 Å². The van der Waals surface area contributed by atoms with Gasteiger partial charge in [-0.2, -0.15) is 9.28 Å². The van der Waals surface area contributed by atoms with Crippen LogP contribution in [0.3, 0.4) is 0 Å². The van der Waals surface area contributed by atoms with Crippen LogP contribution in [0.1, 0.15) is 17.3 Å². The van der Waals surface area contributed by atoms with Crippen LogP contribution < -0.4 is 10.4 Å². The van der Waals surface area contributed by atoms with Crippen molar-refractivity contribution in [2.24, 2.45) is 0 Å². The lowest BCUT2D eigenvalue weighted by Gasteiger charge is -2.18. The molecule has 0 unspecified atom stereocenters. The van der Waals surface area contributed by atoms with Gasteiger partial charge >= 0.3 is 23.6 Å². The van der Waals surface area contributed by atoms with E-state index in [2.05, 4.69) is 0 Å². The number of carbonyl (C=O) groups is 3. The van der Waals surface area contributed by atoms with E-state index in [1.165, 1.54) is 31.2 Å². The number of quaternary nitrogens is 1. The molecule has 0 spiro atoms. The Hall–Kier alpha value is -3.00. The van der Waals surface area contributed by atoms with E-state index in [4.69, 9.17) is 14.3 Å². The largest absolute Gasteiger partial charge is 0.521 e. The summed E-state index contributed by atoms with van der Waals surface area (Å²) in [6.45, 7) is 1.23. The minimum Gasteiger partial charge on any atom is -0.435 e. The van der Waals surface area contributed by atoms with Gasteiger partial charge in [-0.1, -0.05) is 0 Å². The van der Waals surface area contributed by atoms with Gasteiger partial charge in [0.2, 0.25) is 0 Å². The predicted molar refractivity (Wildman–Crippen MR) is 78.3 cm³/mol. The molecule has 0 saturated heterocycles. The van der Waals surface area contributed by atoms with Crippen molar-refractivity contribution in [2.75, 3.05) is 14.1 Å². The van der Waals surface area contributed by atoms with Crippen molar-refractivity contribution in [1.82, 2.24) is 0 Å². The summed E-state index contributed by atoms with van der Waals surface area (Å²) in [5.41, 5.74) is -1.22. The SMILES string of the molecule is CC(=O)Oc1ccc2cc(C(=O)[N+](C)(C)C(=O)O)c(=O)oc2c1. The van der Waals surface area contributed by atoms with Gasteiger partial charge in [0.05, 0.1) is 14.1 Å². The number of rotatable bonds is 2. The van der Waals surface area contributed by atoms with Crippen LogP contribution >= 0.6 is 0 Å². The molecule has 23 heavy (non-hydrogen) atoms. The minimum absolute atomic E-state index is 0.117. The van der Waals surface area contributed by atoms with Gasteiger partial charge in [-0.15, -0.1) is 0 Å². The lowest BCUT2D eigenvalue weighted by atomic mass is 10.1. The predicted octanol–water partition coefficient (Wildman–Crippen LogP) is 1.61. The summed E-state index contributed by atoms with van der Waals surface area (Å²) in [6, 6.07) is 5.55. The standard InChI is InChI=1S/C15H13NO7/c1-8(17)22-10-5-4-9-6-11(14(19)23-12(9)7-10)13(18)16(2,3)15(20)21/h4-7H,1-3H3/p+1. The molecule has 0 saturated carbocycles. The first-order chi connectivity index (χ1) is 10.6. The fourth-order valence-corrected chi connectivity index (χ4v) is 1.86. The van der Waals surface area contributed by atoms with E-state index in [9.17, 15) is 19.2 Å². The van der Waals surface area contributed by atoms with Gasteiger partial charge in [0, 0.05) is 18.4 Å². The molecule has 1 aromatic heterocycles. The third-order valence-electron chi connectivity index (χ3n) is 3.19. The van der Waals surface area contributed by atoms with Crippen LogP contribution in [0, 0.1) is 0 Å². The van der Waals surface area contributed by atoms with E-state index in [1.54, 1.807) is 0 Å². The molecule has 120 valence electrons. The van der Waals surface area contributed by atoms with Gasteiger partial charge in [-0.05, 0) is 18.2 Å². The van der Waals surface area contributed by atoms with Crippen LogP contribution in [0.2, 0.25) is 0 Å². The van der Waals surface area contributed by atoms with Crippen molar-refractivity contribution < 1.29 is 33.1 Å². The number of hydrogen-bond acceptors (Lipinski definition) is 6. The quantitative estimate of drug-likeness (QED) is 0.387. The normalized spacial score (nSPS) is 11.3. The first-order valence-corrected chi connectivity index (χ1v) is 6.51. The third-order valence-corrected chi connectivity index (χ3v) is 3.19. The fourth-order valence-electron chi connectivity index (χ4n) is 1.86. The molecule has 1 heterocycles. The molecule has 0 aliphatic heterocycles. The highest BCUT2D eigenvalue weighted by molar-refractivity contribution is 5.96. The second-order valence-electron chi connectivity index (χ2n) is 5.28. The molecule has 0 fully saturated rings. The van der Waals surface area contributed by atoms with Crippen molar-refractivity contribution in [2.45, 2.75) is 6.92 Å². The van der Waals surface area contributed by atoms with Gasteiger partial charge in [-0.3, -0.25) is 4.79 Å². The Bertz CT molecular complexity index is 879. The number of nitrogens with zero attached hydrogens (tertiary/aromatic N) is 1. The van der Waals surface area contributed by atoms with Gasteiger partial charge in [0.1, 0.15) is 11.3 Å². The molecule has 1 N–H and O–H groups in total. The zero-order valence-electron chi connectivity index (χ0n) is 12.7. The first kappa shape index (κ1) is 16.4. The first-order valence-electron chi connectivity index (χ1n) is 6.51. The molecule has 0 radical (unpaired) electrons. The van der Waals surface area contributed by atoms with Crippen molar-refractivity contribution in [3.63, 3.8) is 0 Å². The number of carboxylic acid groups (broad SMARTS) is 1. The summed E-state index contributed by atoms with van der Waals surface area (Å²) in [6.07, 6.45) is -1.40. The number of imide groups is 1. The Kier molecular flexibility index (Phi) is 4.02. The van der Waals surface area contributed by atoms with Crippen LogP contribution in [0.5, 0.6) is 5.75 Å². The average molecular weight is 320 g/mol. The van der Waals surface area contributed by atoms with E-state index in [-0.39, 0.29) is 16.9 Å². The van der Waals surface area contributed by atoms with Crippen molar-refractivity contribution in [3.8, 4) is 5.75 Å². The van der Waals surface area contributed by atoms with E-state index in [0.29, 0.717) is 5.39 Å². The highest BCUT2D eigenvalue weighted by Gasteiger charge is 2.38. The van der Waals surface area contributed by atoms with E-state index < -0.39 is 28.1 Å². The summed E-state index contributed by atoms with van der Waals surface area (Å²) >= 11 is 0. The van der Waals surface area contributed by atoms with Crippen LogP contribution in [-0.4, -0.2) is 41.7 Å². The summed E-state index contributed by atoms with van der Waals surface area (Å²) in [5, 5.41) is 9.47. The lowest BCUT2D eigenvalue weighted by Crippen LogP contribution is -2.50. The summed E-state index contributed by atoms with van der Waals surface area (Å²) in [7, 11) is 2.30. The highest BCUT2D eigenvalue weighted by atomic mass is 16.5. The monoisotopic (exact) mass is 320 g/mol. The van der Waals surface area contributed by atoms with Crippen molar-refractivity contribution in [3.05, 3.63) is 40.2 Å². The van der Waals surface area contributed by atoms with Crippen LogP contribution in [0.15, 0.2) is 33.5 Å². The average Bonchev–Trinajstić information content (AvgIpc) is 2.44. The Morgan fingerprint density at radius 2 is 1.83 bits per heavy atom. The number of esters is 1. The zero-order valence-corrected chi connectivity index (χ0v) is 12.7. The Morgan fingerprint density at radius 3 is 2.39 bits per heavy atom. The van der Waals surface area contributed by atoms with Gasteiger partial charge in [0.25, 0.3) is 0 Å². The Balaban J connectivity index is 2.55. The summed E-state index contributed by atoms with van der Waals surface area (Å²) in [4.78, 5) is 46.3. The number of benzene rings is 1. The number of carbonyl (C=O) groups excluding carboxylic acids is 2. The zero-order chi connectivity index (χ0) is 17.4. The highest BCUT2D eigenvalue weighted by Crippen LogP contribution is 2.21. The van der Waals surface area contributed by atoms with Crippen molar-refractivity contribution >= 4 is 28.9 Å². The maximum Gasteiger partial charge on any atom is 0.521 e. The van der Waals surface area contributed by atoms with Crippen molar-refractivity contribution in [1.29, 1.82) is 0 Å². The van der Waals surface area contributed by atoms with E-state index in [1.807, 2.05) is 0 Å². The molecular weight excluding hydrogens is 306 g/mol. The molecule has 2 amide bonds. The van der Waals surface area contributed by atoms with Gasteiger partial charge < -0.3 is 14.3 Å². The lowest BCUT2D eigenvalue weighted by molar-refractivity contribution is -0.730. The second-order valence-corrected chi connectivity index (χ2v) is 5.28. The molecule has 2 rings (SSSR count). The van der Waals surface area contributed by atoms with Gasteiger partial charge in [0.15, 0.2) is 5.56 Å². The smallest absolute Gasteiger partial charge is 0.435 e. The molecule has 8 nitrogen and oxygen atoms in total. The third kappa shape index (κ3) is 3.11. The molecule has 0 atom stereocenters. The number of fused-ring (bicyclic) bond motifs is 1. The Labute approximate surface area is 130 Å². The maximum atomic E-state index is 12.2. The molecule has 0 bridgehead atoms. The fraction of sp³-hybridized carbons (Fsp3) is 0.200. The molecule has 2 aromatic rings. The maximum absolute atomic E-state index is 12.2. The molecule has 1 aromatic carbocycles. The number of ether oxygens (including phenoxy) is 1. The minimum atomic E-state index is -1.40. The number of amides is 2. The second kappa shape index (κ2) is 5.65. The van der Waals surface area contributed by atoms with Crippen LogP contribution in [0.4, 0.5) is 4.79 Å². The molecule has 8 heteroatoms. The topological polar surface area (TPSA) is 111 Å². The van der Waals surface area contributed by atoms with Gasteiger partial charge in [-0.25, -0.2) is 9.59 Å². The Morgan fingerprint density at radius 1 is 1.17 bits per heavy atom. The molecular formula is C15H14NO7+. The molecule has 0 aliphatic carbocycles. The summed E-state index contributed by atoms with van der Waals surface area (Å²) in [5.74, 6) is -1.25. The summed E-state index contributed by atoms with van der Waals surface area (Å²) < 4.78 is 8.88. The molecule has 0 aliphatic rings. The van der Waals surface area contributed by atoms with Crippen LogP contribution in [-0.2, 0) is 4.79 Å². The van der Waals surface area contributed by atoms with Crippen LogP contribution in [0.25, 0.3) is 11.0 Å². The number of hydrogen-bond donors (Lipinski definition) is 1.